The topological polar surface area (TPSA) is 54.9 Å². The minimum absolute atomic E-state index is 0.223. The molecule has 1 aromatic carbocycles. The van der Waals surface area contributed by atoms with Crippen molar-refractivity contribution in [3.05, 3.63) is 29.1 Å². The molecule has 1 aliphatic carbocycles. The zero-order valence-corrected chi connectivity index (χ0v) is 14.9. The first-order valence-corrected chi connectivity index (χ1v) is 9.33. The van der Waals surface area contributed by atoms with E-state index in [1.807, 2.05) is 0 Å². The number of nitrogens with zero attached hydrogens (tertiary/aromatic N) is 1. The van der Waals surface area contributed by atoms with E-state index in [1.165, 1.54) is 38.2 Å². The molecule has 0 spiro atoms. The molecule has 0 unspecified atom stereocenters. The highest BCUT2D eigenvalue weighted by Crippen LogP contribution is 2.29. The van der Waals surface area contributed by atoms with Crippen LogP contribution in [-0.4, -0.2) is 31.9 Å². The molecule has 5 nitrogen and oxygen atoms in total. The molecule has 6 heteroatoms. The maximum absolute atomic E-state index is 13.8. The molecule has 0 radical (unpaired) electrons. The molecule has 1 fully saturated rings. The number of benzene rings is 1. The number of ether oxygens (including phenoxy) is 2. The molecule has 1 saturated carbocycles. The van der Waals surface area contributed by atoms with Gasteiger partial charge in [-0.15, -0.1) is 0 Å². The number of nitrogens with one attached hydrogen (secondary N) is 2. The molecule has 0 bridgehead atoms. The molecule has 2 N–H and O–H groups in total. The third kappa shape index (κ3) is 5.08. The number of fused-ring (bicyclic) bond motifs is 1. The van der Waals surface area contributed by atoms with E-state index in [-0.39, 0.29) is 12.6 Å². The number of aliphatic imine (C=N–C) groups is 1. The summed E-state index contributed by atoms with van der Waals surface area (Å²) >= 11 is 0. The van der Waals surface area contributed by atoms with E-state index in [0.717, 1.165) is 29.4 Å². The first-order chi connectivity index (χ1) is 12.3. The van der Waals surface area contributed by atoms with E-state index in [2.05, 4.69) is 22.5 Å². The Bertz CT molecular complexity index is 601. The first-order valence-electron chi connectivity index (χ1n) is 9.33. The minimum Gasteiger partial charge on any atom is -0.467 e. The molecular formula is C19H28FN3O2. The highest BCUT2D eigenvalue weighted by atomic mass is 19.1. The van der Waals surface area contributed by atoms with Crippen LogP contribution in [0, 0.1) is 5.82 Å². The van der Waals surface area contributed by atoms with E-state index >= 15 is 0 Å². The fraction of sp³-hybridized carbons (Fsp3) is 0.632. The lowest BCUT2D eigenvalue weighted by Gasteiger charge is -2.25. The van der Waals surface area contributed by atoms with Crippen LogP contribution in [0.25, 0.3) is 0 Å². The molecule has 0 saturated heterocycles. The van der Waals surface area contributed by atoms with Crippen LogP contribution in [0.15, 0.2) is 17.1 Å². The maximum Gasteiger partial charge on any atom is 0.191 e. The van der Waals surface area contributed by atoms with Gasteiger partial charge in [0.25, 0.3) is 0 Å². The molecule has 0 atom stereocenters. The smallest absolute Gasteiger partial charge is 0.191 e. The molecule has 0 amide bonds. The largest absolute Gasteiger partial charge is 0.467 e. The van der Waals surface area contributed by atoms with Crippen LogP contribution in [-0.2, 0) is 17.8 Å². The molecule has 25 heavy (non-hydrogen) atoms. The molecule has 3 rings (SSSR count). The second-order valence-electron chi connectivity index (χ2n) is 6.65. The van der Waals surface area contributed by atoms with Crippen LogP contribution in [0.4, 0.5) is 4.39 Å². The van der Waals surface area contributed by atoms with Gasteiger partial charge in [0.1, 0.15) is 11.6 Å². The lowest BCUT2D eigenvalue weighted by atomic mass is 9.96. The fourth-order valence-electron chi connectivity index (χ4n) is 3.49. The highest BCUT2D eigenvalue weighted by molar-refractivity contribution is 5.80. The van der Waals surface area contributed by atoms with Gasteiger partial charge in [0, 0.05) is 24.7 Å². The van der Waals surface area contributed by atoms with Crippen LogP contribution in [0.2, 0.25) is 0 Å². The van der Waals surface area contributed by atoms with Crippen molar-refractivity contribution in [3.8, 4) is 5.75 Å². The van der Waals surface area contributed by atoms with Gasteiger partial charge in [-0.1, -0.05) is 19.3 Å². The zero-order valence-electron chi connectivity index (χ0n) is 14.9. The lowest BCUT2D eigenvalue weighted by Crippen LogP contribution is -2.44. The second-order valence-corrected chi connectivity index (χ2v) is 6.65. The number of guanidine groups is 1. The Morgan fingerprint density at radius 3 is 2.92 bits per heavy atom. The van der Waals surface area contributed by atoms with Gasteiger partial charge in [0.2, 0.25) is 0 Å². The van der Waals surface area contributed by atoms with Crippen LogP contribution in [0.5, 0.6) is 5.75 Å². The number of halogens is 1. The summed E-state index contributed by atoms with van der Waals surface area (Å²) in [7, 11) is 0. The van der Waals surface area contributed by atoms with E-state index in [0.29, 0.717) is 25.6 Å². The van der Waals surface area contributed by atoms with Crippen molar-refractivity contribution in [1.29, 1.82) is 0 Å². The Kier molecular flexibility index (Phi) is 6.50. The van der Waals surface area contributed by atoms with E-state index in [9.17, 15) is 4.39 Å². The lowest BCUT2D eigenvalue weighted by molar-refractivity contribution is -0.0172. The Morgan fingerprint density at radius 2 is 2.12 bits per heavy atom. The van der Waals surface area contributed by atoms with Gasteiger partial charge in [-0.25, -0.2) is 4.39 Å². The van der Waals surface area contributed by atoms with E-state index in [1.54, 1.807) is 6.07 Å². The molecular weight excluding hydrogens is 321 g/mol. The summed E-state index contributed by atoms with van der Waals surface area (Å²) in [4.78, 5) is 4.67. The van der Waals surface area contributed by atoms with E-state index in [4.69, 9.17) is 9.47 Å². The van der Waals surface area contributed by atoms with Crippen molar-refractivity contribution in [2.45, 2.75) is 58.1 Å². The van der Waals surface area contributed by atoms with Gasteiger partial charge in [-0.3, -0.25) is 4.99 Å². The van der Waals surface area contributed by atoms with Crippen molar-refractivity contribution in [2.24, 2.45) is 4.99 Å². The summed E-state index contributed by atoms with van der Waals surface area (Å²) < 4.78 is 24.6. The molecule has 1 heterocycles. The number of hydrogen-bond acceptors (Lipinski definition) is 3. The van der Waals surface area contributed by atoms with Gasteiger partial charge in [0.05, 0.1) is 6.61 Å². The minimum atomic E-state index is -0.251. The summed E-state index contributed by atoms with van der Waals surface area (Å²) in [6, 6.07) is 3.53. The zero-order chi connectivity index (χ0) is 17.5. The second kappa shape index (κ2) is 9.04. The molecule has 138 valence electrons. The summed E-state index contributed by atoms with van der Waals surface area (Å²) in [6.07, 6.45) is 6.95. The van der Waals surface area contributed by atoms with Gasteiger partial charge >= 0.3 is 0 Å². The fourth-order valence-corrected chi connectivity index (χ4v) is 3.49. The molecule has 1 aromatic rings. The first kappa shape index (κ1) is 18.0. The highest BCUT2D eigenvalue weighted by Gasteiger charge is 2.17. The van der Waals surface area contributed by atoms with Crippen molar-refractivity contribution >= 4 is 5.96 Å². The van der Waals surface area contributed by atoms with Crippen LogP contribution in [0.1, 0.15) is 50.2 Å². The van der Waals surface area contributed by atoms with E-state index < -0.39 is 0 Å². The average Bonchev–Trinajstić information content (AvgIpc) is 2.62. The van der Waals surface area contributed by atoms with Gasteiger partial charge in [0.15, 0.2) is 12.8 Å². The predicted octanol–water partition coefficient (Wildman–Crippen LogP) is 3.12. The monoisotopic (exact) mass is 349 g/mol. The van der Waals surface area contributed by atoms with Crippen molar-refractivity contribution < 1.29 is 13.9 Å². The van der Waals surface area contributed by atoms with Crippen molar-refractivity contribution in [2.75, 3.05) is 19.9 Å². The number of rotatable bonds is 5. The summed E-state index contributed by atoms with van der Waals surface area (Å²) in [5.74, 6) is 1.36. The normalized spacial score (nSPS) is 18.4. The van der Waals surface area contributed by atoms with Crippen LogP contribution >= 0.6 is 0 Å². The molecule has 1 aliphatic heterocycles. The predicted molar refractivity (Wildman–Crippen MR) is 96.4 cm³/mol. The molecule has 2 aliphatic rings. The Labute approximate surface area is 149 Å². The van der Waals surface area contributed by atoms with Gasteiger partial charge in [-0.2, -0.15) is 0 Å². The van der Waals surface area contributed by atoms with Crippen LogP contribution < -0.4 is 15.4 Å². The Morgan fingerprint density at radius 1 is 1.28 bits per heavy atom. The summed E-state index contributed by atoms with van der Waals surface area (Å²) in [5.41, 5.74) is 1.63. The number of hydrogen-bond donors (Lipinski definition) is 2. The maximum atomic E-state index is 13.8. The van der Waals surface area contributed by atoms with Gasteiger partial charge < -0.3 is 20.1 Å². The Hall–Kier alpha value is -1.82. The standard InChI is InChI=1S/C19H28FN3O2/c1-2-21-19(23-17-6-4-3-5-7-17)22-9-8-14-10-16(20)11-15-12-24-13-25-18(14)15/h10-11,17H,2-9,12-13H2,1H3,(H2,21,22,23). The third-order valence-corrected chi connectivity index (χ3v) is 4.69. The summed E-state index contributed by atoms with van der Waals surface area (Å²) in [5, 5.41) is 6.83. The average molecular weight is 349 g/mol. The van der Waals surface area contributed by atoms with Crippen LogP contribution in [0.3, 0.4) is 0 Å². The SMILES string of the molecule is CCNC(=NCCc1cc(F)cc2c1OCOC2)NC1CCCCC1. The van der Waals surface area contributed by atoms with Crippen molar-refractivity contribution in [3.63, 3.8) is 0 Å². The summed E-state index contributed by atoms with van der Waals surface area (Å²) in [6.45, 7) is 4.10. The quantitative estimate of drug-likeness (QED) is 0.633. The van der Waals surface area contributed by atoms with Gasteiger partial charge in [-0.05, 0) is 43.9 Å². The van der Waals surface area contributed by atoms with Crippen molar-refractivity contribution in [1.82, 2.24) is 10.6 Å². The Balaban J connectivity index is 1.62. The molecule has 0 aromatic heterocycles. The third-order valence-electron chi connectivity index (χ3n) is 4.69.